The number of hydrogen-bond acceptors (Lipinski definition) is 3. The molecule has 1 N–H and O–H groups in total. The Kier molecular flexibility index (Phi) is 6.13. The third-order valence-electron chi connectivity index (χ3n) is 3.06. The van der Waals surface area contributed by atoms with E-state index in [1.165, 1.54) is 7.11 Å². The average Bonchev–Trinajstić information content (AvgIpc) is 2.37. The third-order valence-corrected chi connectivity index (χ3v) is 5.30. The quantitative estimate of drug-likeness (QED) is 0.803. The lowest BCUT2D eigenvalue weighted by molar-refractivity contribution is -0.142. The number of benzene rings is 1. The Labute approximate surface area is 137 Å². The molecule has 4 nitrogen and oxygen atoms in total. The topological polar surface area (TPSA) is 55.4 Å². The van der Waals surface area contributed by atoms with Gasteiger partial charge in [0.2, 0.25) is 0 Å². The van der Waals surface area contributed by atoms with Crippen molar-refractivity contribution in [3.63, 3.8) is 0 Å². The zero-order chi connectivity index (χ0) is 16.3. The van der Waals surface area contributed by atoms with E-state index in [9.17, 15) is 9.00 Å². The summed E-state index contributed by atoms with van der Waals surface area (Å²) >= 11 is 3.42. The predicted octanol–water partition coefficient (Wildman–Crippen LogP) is 3.28. The lowest BCUT2D eigenvalue weighted by Crippen LogP contribution is -2.47. The maximum absolute atomic E-state index is 12.4. The van der Waals surface area contributed by atoms with Gasteiger partial charge < -0.3 is 4.74 Å². The summed E-state index contributed by atoms with van der Waals surface area (Å²) in [6.07, 6.45) is 0.0990. The van der Waals surface area contributed by atoms with E-state index in [2.05, 4.69) is 20.7 Å². The number of carbonyl (C=O) groups is 1. The van der Waals surface area contributed by atoms with Crippen LogP contribution in [0, 0.1) is 0 Å². The summed E-state index contributed by atoms with van der Waals surface area (Å²) in [4.78, 5) is 11.7. The van der Waals surface area contributed by atoms with Gasteiger partial charge in [-0.3, -0.25) is 4.79 Å². The number of rotatable bonds is 5. The van der Waals surface area contributed by atoms with E-state index in [-0.39, 0.29) is 12.4 Å². The molecule has 0 fully saturated rings. The van der Waals surface area contributed by atoms with Crippen LogP contribution in [0.2, 0.25) is 0 Å². The van der Waals surface area contributed by atoms with Gasteiger partial charge in [0, 0.05) is 4.47 Å². The molecule has 0 aliphatic heterocycles. The van der Waals surface area contributed by atoms with Crippen LogP contribution in [0.15, 0.2) is 28.7 Å². The molecule has 0 bridgehead atoms. The number of carbonyl (C=O) groups excluding carboxylic acids is 1. The van der Waals surface area contributed by atoms with Gasteiger partial charge in [-0.25, -0.2) is 8.93 Å². The molecule has 1 unspecified atom stereocenters. The Morgan fingerprint density at radius 3 is 2.43 bits per heavy atom. The Morgan fingerprint density at radius 2 is 1.95 bits per heavy atom. The average molecular weight is 376 g/mol. The molecule has 1 rings (SSSR count). The highest BCUT2D eigenvalue weighted by Crippen LogP contribution is 2.29. The second-order valence-corrected chi connectivity index (χ2v) is 8.96. The van der Waals surface area contributed by atoms with E-state index in [1.54, 1.807) is 0 Å². The number of methoxy groups -OCH3 is 1. The molecule has 0 amide bonds. The highest BCUT2D eigenvalue weighted by atomic mass is 79.9. The molecule has 0 aliphatic rings. The monoisotopic (exact) mass is 375 g/mol. The van der Waals surface area contributed by atoms with Crippen LogP contribution in [-0.2, 0) is 26.1 Å². The molecule has 0 saturated carbocycles. The van der Waals surface area contributed by atoms with Gasteiger partial charge in [-0.2, -0.15) is 0 Å². The van der Waals surface area contributed by atoms with Crippen LogP contribution in [0.3, 0.4) is 0 Å². The largest absolute Gasteiger partial charge is 0.469 e. The number of halogens is 1. The lowest BCUT2D eigenvalue weighted by atomic mass is 9.90. The van der Waals surface area contributed by atoms with Crippen molar-refractivity contribution < 1.29 is 13.7 Å². The Hall–Kier alpha value is -0.720. The lowest BCUT2D eigenvalue weighted by Gasteiger charge is -2.33. The summed E-state index contributed by atoms with van der Waals surface area (Å²) in [5, 5.41) is 0. The second-order valence-electron chi connectivity index (χ2n) is 6.08. The highest BCUT2D eigenvalue weighted by Gasteiger charge is 2.35. The van der Waals surface area contributed by atoms with E-state index in [4.69, 9.17) is 4.74 Å². The van der Waals surface area contributed by atoms with Gasteiger partial charge in [0.05, 0.1) is 34.8 Å². The van der Waals surface area contributed by atoms with E-state index < -0.39 is 21.3 Å². The van der Waals surface area contributed by atoms with Crippen LogP contribution >= 0.6 is 15.9 Å². The van der Waals surface area contributed by atoms with E-state index in [0.29, 0.717) is 0 Å². The van der Waals surface area contributed by atoms with E-state index >= 15 is 0 Å². The molecule has 6 heteroatoms. The molecule has 2 atom stereocenters. The molecule has 0 spiro atoms. The number of nitrogens with one attached hydrogen (secondary N) is 1. The van der Waals surface area contributed by atoms with Gasteiger partial charge in [-0.1, -0.05) is 28.1 Å². The Morgan fingerprint density at radius 1 is 1.33 bits per heavy atom. The summed E-state index contributed by atoms with van der Waals surface area (Å²) < 4.78 is 20.8. The molecule has 0 aliphatic carbocycles. The van der Waals surface area contributed by atoms with Crippen molar-refractivity contribution in [3.8, 4) is 0 Å². The van der Waals surface area contributed by atoms with Crippen LogP contribution < -0.4 is 4.72 Å². The van der Waals surface area contributed by atoms with Crippen molar-refractivity contribution in [2.24, 2.45) is 0 Å². The molecule has 1 aromatic carbocycles. The fourth-order valence-electron chi connectivity index (χ4n) is 1.75. The summed E-state index contributed by atoms with van der Waals surface area (Å²) in [6.45, 7) is 7.51. The molecular formula is C15H22BrNO3S. The molecule has 118 valence electrons. The van der Waals surface area contributed by atoms with Crippen molar-refractivity contribution >= 4 is 32.9 Å². The van der Waals surface area contributed by atoms with Crippen molar-refractivity contribution in [2.75, 3.05) is 7.11 Å². The molecule has 1 aromatic rings. The molecule has 0 radical (unpaired) electrons. The predicted molar refractivity (Wildman–Crippen MR) is 89.2 cm³/mol. The summed E-state index contributed by atoms with van der Waals surface area (Å²) in [5.41, 5.74) is 0.106. The van der Waals surface area contributed by atoms with Gasteiger partial charge in [-0.15, -0.1) is 0 Å². The molecule has 0 heterocycles. The standard InChI is InChI=1S/C15H22BrNO3S/c1-14(2,3)21(19)17-15(4,10-13(18)20-5)11-7-6-8-12(16)9-11/h6-9,17H,10H2,1-5H3/t15-,21?/m0/s1. The fraction of sp³-hybridized carbons (Fsp3) is 0.533. The zero-order valence-corrected chi connectivity index (χ0v) is 15.4. The fourth-order valence-corrected chi connectivity index (χ4v) is 3.05. The van der Waals surface area contributed by atoms with E-state index in [0.717, 1.165) is 10.0 Å². The first kappa shape index (κ1) is 18.3. The zero-order valence-electron chi connectivity index (χ0n) is 13.0. The van der Waals surface area contributed by atoms with Gasteiger partial charge in [0.15, 0.2) is 0 Å². The minimum Gasteiger partial charge on any atom is -0.469 e. The van der Waals surface area contributed by atoms with Crippen LogP contribution in [0.4, 0.5) is 0 Å². The minimum absolute atomic E-state index is 0.0990. The first-order chi connectivity index (χ1) is 9.58. The van der Waals surface area contributed by atoms with Crippen LogP contribution in [0.25, 0.3) is 0 Å². The summed E-state index contributed by atoms with van der Waals surface area (Å²) in [5.74, 6) is -0.351. The molecular weight excluding hydrogens is 354 g/mol. The number of ether oxygens (including phenoxy) is 1. The van der Waals surface area contributed by atoms with Crippen LogP contribution in [0.1, 0.15) is 39.7 Å². The van der Waals surface area contributed by atoms with Crippen molar-refractivity contribution in [3.05, 3.63) is 34.3 Å². The van der Waals surface area contributed by atoms with Crippen molar-refractivity contribution in [1.82, 2.24) is 4.72 Å². The Balaban J connectivity index is 3.17. The number of esters is 1. The third kappa shape index (κ3) is 5.20. The van der Waals surface area contributed by atoms with Crippen molar-refractivity contribution in [1.29, 1.82) is 0 Å². The maximum Gasteiger partial charge on any atom is 0.307 e. The van der Waals surface area contributed by atoms with Crippen LogP contribution in [0.5, 0.6) is 0 Å². The normalized spacial score (nSPS) is 16.1. The van der Waals surface area contributed by atoms with Gasteiger partial charge in [0.25, 0.3) is 0 Å². The Bertz CT molecular complexity index is 542. The maximum atomic E-state index is 12.4. The molecule has 21 heavy (non-hydrogen) atoms. The molecule has 0 aromatic heterocycles. The van der Waals surface area contributed by atoms with Crippen LogP contribution in [-0.4, -0.2) is 22.0 Å². The van der Waals surface area contributed by atoms with Crippen molar-refractivity contribution in [2.45, 2.75) is 44.4 Å². The smallest absolute Gasteiger partial charge is 0.307 e. The highest BCUT2D eigenvalue weighted by molar-refractivity contribution is 9.10. The second kappa shape index (κ2) is 7.03. The first-order valence-electron chi connectivity index (χ1n) is 6.61. The molecule has 0 saturated heterocycles. The number of hydrogen-bond donors (Lipinski definition) is 1. The van der Waals surface area contributed by atoms with Gasteiger partial charge >= 0.3 is 5.97 Å². The minimum atomic E-state index is -1.31. The van der Waals surface area contributed by atoms with Gasteiger partial charge in [-0.05, 0) is 45.4 Å². The van der Waals surface area contributed by atoms with Gasteiger partial charge in [0.1, 0.15) is 0 Å². The SMILES string of the molecule is COC(=O)C[C@](C)(NS(=O)C(C)(C)C)c1cccc(Br)c1. The summed E-state index contributed by atoms with van der Waals surface area (Å²) in [6, 6.07) is 7.61. The summed E-state index contributed by atoms with van der Waals surface area (Å²) in [7, 11) is 0.0462. The first-order valence-corrected chi connectivity index (χ1v) is 8.55. The van der Waals surface area contributed by atoms with E-state index in [1.807, 2.05) is 52.0 Å².